The van der Waals surface area contributed by atoms with Crippen molar-refractivity contribution >= 4 is 5.95 Å². The number of rotatable bonds is 0. The highest BCUT2D eigenvalue weighted by molar-refractivity contribution is 5.31. The molecule has 2 rings (SSSR count). The van der Waals surface area contributed by atoms with Gasteiger partial charge in [0.1, 0.15) is 0 Å². The van der Waals surface area contributed by atoms with Crippen LogP contribution in [0.5, 0.6) is 0 Å². The van der Waals surface area contributed by atoms with E-state index in [-0.39, 0.29) is 0 Å². The van der Waals surface area contributed by atoms with Crippen LogP contribution in [0.1, 0.15) is 49.8 Å². The van der Waals surface area contributed by atoms with Crippen molar-refractivity contribution in [2.75, 3.05) is 5.73 Å². The maximum atomic E-state index is 5.57. The van der Waals surface area contributed by atoms with Crippen molar-refractivity contribution in [1.82, 2.24) is 9.97 Å². The summed E-state index contributed by atoms with van der Waals surface area (Å²) in [5.41, 5.74) is 8.01. The molecule has 0 amide bonds. The van der Waals surface area contributed by atoms with Crippen molar-refractivity contribution in [3.8, 4) is 0 Å². The van der Waals surface area contributed by atoms with Crippen LogP contribution in [0.25, 0.3) is 0 Å². The Kier molecular flexibility index (Phi) is 1.94. The monoisotopic (exact) mass is 177 g/mol. The smallest absolute Gasteiger partial charge is 0.220 e. The lowest BCUT2D eigenvalue weighted by Crippen LogP contribution is -2.14. The second-order valence-corrected chi connectivity index (χ2v) is 3.95. The second-order valence-electron chi connectivity index (χ2n) is 3.95. The molecule has 0 bridgehead atoms. The predicted octanol–water partition coefficient (Wildman–Crippen LogP) is 2.06. The van der Waals surface area contributed by atoms with Gasteiger partial charge in [0.25, 0.3) is 0 Å². The van der Waals surface area contributed by atoms with Gasteiger partial charge in [-0.05, 0) is 30.2 Å². The van der Waals surface area contributed by atoms with Gasteiger partial charge in [-0.1, -0.05) is 13.8 Å². The Hall–Kier alpha value is -1.12. The summed E-state index contributed by atoms with van der Waals surface area (Å²) in [6.45, 7) is 4.43. The summed E-state index contributed by atoms with van der Waals surface area (Å²) < 4.78 is 0. The van der Waals surface area contributed by atoms with Crippen molar-refractivity contribution in [2.24, 2.45) is 0 Å². The second kappa shape index (κ2) is 2.98. The van der Waals surface area contributed by atoms with Gasteiger partial charge < -0.3 is 5.73 Å². The van der Waals surface area contributed by atoms with Crippen LogP contribution in [-0.4, -0.2) is 9.97 Å². The van der Waals surface area contributed by atoms with Gasteiger partial charge >= 0.3 is 0 Å². The van der Waals surface area contributed by atoms with E-state index in [1.54, 1.807) is 0 Å². The molecule has 0 saturated carbocycles. The first-order valence-corrected chi connectivity index (χ1v) is 4.80. The average Bonchev–Trinajstić information content (AvgIpc) is 2.12. The molecule has 3 nitrogen and oxygen atoms in total. The van der Waals surface area contributed by atoms with Crippen LogP contribution < -0.4 is 5.73 Å². The van der Waals surface area contributed by atoms with E-state index in [2.05, 4.69) is 23.8 Å². The van der Waals surface area contributed by atoms with Gasteiger partial charge in [0.05, 0.1) is 5.69 Å². The summed E-state index contributed by atoms with van der Waals surface area (Å²) in [4.78, 5) is 8.36. The van der Waals surface area contributed by atoms with E-state index in [0.717, 1.165) is 5.69 Å². The molecule has 0 saturated heterocycles. The number of anilines is 1. The zero-order valence-corrected chi connectivity index (χ0v) is 8.12. The number of aromatic nitrogens is 2. The van der Waals surface area contributed by atoms with Crippen LogP contribution in [0.3, 0.4) is 0 Å². The highest BCUT2D eigenvalue weighted by atomic mass is 15.0. The lowest BCUT2D eigenvalue weighted by molar-refractivity contribution is 0.512. The maximum absolute atomic E-state index is 5.57. The molecule has 2 N–H and O–H groups in total. The van der Waals surface area contributed by atoms with E-state index in [4.69, 9.17) is 5.73 Å². The molecule has 1 aliphatic carbocycles. The summed E-state index contributed by atoms with van der Waals surface area (Å²) in [6.07, 6.45) is 4.34. The van der Waals surface area contributed by atoms with Crippen LogP contribution in [0, 0.1) is 0 Å². The summed E-state index contributed by atoms with van der Waals surface area (Å²) in [7, 11) is 0. The van der Waals surface area contributed by atoms with Crippen LogP contribution in [0.15, 0.2) is 6.20 Å². The Labute approximate surface area is 78.4 Å². The summed E-state index contributed by atoms with van der Waals surface area (Å²) >= 11 is 0. The number of nitrogen functional groups attached to an aromatic ring is 1. The van der Waals surface area contributed by atoms with E-state index >= 15 is 0 Å². The van der Waals surface area contributed by atoms with Crippen molar-refractivity contribution in [3.05, 3.63) is 17.5 Å². The lowest BCUT2D eigenvalue weighted by Gasteiger charge is -2.25. The topological polar surface area (TPSA) is 51.8 Å². The minimum absolute atomic E-state index is 0.403. The first kappa shape index (κ1) is 8.48. The van der Waals surface area contributed by atoms with E-state index in [1.165, 1.54) is 18.4 Å². The minimum atomic E-state index is 0.403. The third kappa shape index (κ3) is 1.39. The Morgan fingerprint density at radius 1 is 1.31 bits per heavy atom. The van der Waals surface area contributed by atoms with Gasteiger partial charge in [-0.2, -0.15) is 0 Å². The number of fused-ring (bicyclic) bond motifs is 1. The average molecular weight is 177 g/mol. The quantitative estimate of drug-likeness (QED) is 0.660. The van der Waals surface area contributed by atoms with Crippen LogP contribution in [0.4, 0.5) is 5.95 Å². The molecular formula is C10H15N3. The number of nitrogens with zero attached hydrogens (tertiary/aromatic N) is 2. The van der Waals surface area contributed by atoms with Gasteiger partial charge in [-0.3, -0.25) is 0 Å². The lowest BCUT2D eigenvalue weighted by atomic mass is 9.82. The Bertz CT molecular complexity index is 322. The standard InChI is InChI=1S/C10H15N3/c1-6-3-4-7(2)9-8(6)5-12-10(11)13-9/h5-7H,3-4H2,1-2H3,(H2,11,12,13). The van der Waals surface area contributed by atoms with E-state index in [0.29, 0.717) is 17.8 Å². The van der Waals surface area contributed by atoms with Gasteiger partial charge in [0.15, 0.2) is 0 Å². The first-order chi connectivity index (χ1) is 6.18. The summed E-state index contributed by atoms with van der Waals surface area (Å²) in [6, 6.07) is 0. The van der Waals surface area contributed by atoms with Crippen LogP contribution in [-0.2, 0) is 0 Å². The van der Waals surface area contributed by atoms with Gasteiger partial charge in [0.2, 0.25) is 5.95 Å². The maximum Gasteiger partial charge on any atom is 0.220 e. The van der Waals surface area contributed by atoms with Gasteiger partial charge in [-0.15, -0.1) is 0 Å². The minimum Gasteiger partial charge on any atom is -0.368 e. The molecule has 70 valence electrons. The van der Waals surface area contributed by atoms with Crippen molar-refractivity contribution < 1.29 is 0 Å². The zero-order valence-electron chi connectivity index (χ0n) is 8.12. The fraction of sp³-hybridized carbons (Fsp3) is 0.600. The Balaban J connectivity index is 2.50. The third-order valence-corrected chi connectivity index (χ3v) is 2.90. The fourth-order valence-corrected chi connectivity index (χ4v) is 1.99. The summed E-state index contributed by atoms with van der Waals surface area (Å²) in [5, 5.41) is 0. The number of hydrogen-bond donors (Lipinski definition) is 1. The highest BCUT2D eigenvalue weighted by Gasteiger charge is 2.23. The molecule has 0 spiro atoms. The van der Waals surface area contributed by atoms with Crippen LogP contribution in [0.2, 0.25) is 0 Å². The molecule has 2 atom stereocenters. The molecule has 1 aliphatic rings. The zero-order chi connectivity index (χ0) is 9.42. The molecule has 2 unspecified atom stereocenters. The SMILES string of the molecule is CC1CCC(C)c2nc(N)ncc21. The van der Waals surface area contributed by atoms with Gasteiger partial charge in [0, 0.05) is 6.20 Å². The molecule has 1 aromatic heterocycles. The largest absolute Gasteiger partial charge is 0.368 e. The molecule has 3 heteroatoms. The molecular weight excluding hydrogens is 162 g/mol. The Morgan fingerprint density at radius 2 is 2.00 bits per heavy atom. The molecule has 0 aliphatic heterocycles. The molecule has 1 aromatic rings. The fourth-order valence-electron chi connectivity index (χ4n) is 1.99. The molecule has 13 heavy (non-hydrogen) atoms. The molecule has 0 radical (unpaired) electrons. The van der Waals surface area contributed by atoms with E-state index in [1.807, 2.05) is 6.20 Å². The predicted molar refractivity (Wildman–Crippen MR) is 52.5 cm³/mol. The summed E-state index contributed by atoms with van der Waals surface area (Å²) in [5.74, 6) is 1.53. The molecule has 1 heterocycles. The molecule has 0 fully saturated rings. The number of nitrogens with two attached hydrogens (primary N) is 1. The van der Waals surface area contributed by atoms with Crippen molar-refractivity contribution in [1.29, 1.82) is 0 Å². The van der Waals surface area contributed by atoms with Gasteiger partial charge in [-0.25, -0.2) is 9.97 Å². The highest BCUT2D eigenvalue weighted by Crippen LogP contribution is 2.36. The van der Waals surface area contributed by atoms with E-state index < -0.39 is 0 Å². The Morgan fingerprint density at radius 3 is 2.77 bits per heavy atom. The molecule has 0 aromatic carbocycles. The van der Waals surface area contributed by atoms with Crippen molar-refractivity contribution in [3.63, 3.8) is 0 Å². The van der Waals surface area contributed by atoms with E-state index in [9.17, 15) is 0 Å². The first-order valence-electron chi connectivity index (χ1n) is 4.80. The number of hydrogen-bond acceptors (Lipinski definition) is 3. The van der Waals surface area contributed by atoms with Crippen LogP contribution >= 0.6 is 0 Å². The van der Waals surface area contributed by atoms with Crippen molar-refractivity contribution in [2.45, 2.75) is 38.5 Å². The normalized spacial score (nSPS) is 26.9. The third-order valence-electron chi connectivity index (χ3n) is 2.90.